The summed E-state index contributed by atoms with van der Waals surface area (Å²) >= 11 is 0. The molecule has 9 heteroatoms. The highest BCUT2D eigenvalue weighted by atomic mass is 31.2. The van der Waals surface area contributed by atoms with E-state index >= 15 is 0 Å². The van der Waals surface area contributed by atoms with E-state index in [-0.39, 0.29) is 6.61 Å². The van der Waals surface area contributed by atoms with Crippen LogP contribution in [0.4, 0.5) is 0 Å². The first-order valence-electron chi connectivity index (χ1n) is 2.92. The van der Waals surface area contributed by atoms with Crippen LogP contribution in [0, 0.1) is 0 Å². The Morgan fingerprint density at radius 2 is 1.75 bits per heavy atom. The molecule has 0 aliphatic heterocycles. The first-order chi connectivity index (χ1) is 5.22. The number of aliphatic hydroxyl groups excluding tert-OH is 1. The molecular formula is C3H10O7P2. The monoisotopic (exact) mass is 220 g/mol. The number of hydrogen-bond acceptors (Lipinski definition) is 4. The first-order valence-corrected chi connectivity index (χ1v) is 6.25. The van der Waals surface area contributed by atoms with Crippen LogP contribution in [-0.4, -0.2) is 32.0 Å². The predicted molar refractivity (Wildman–Crippen MR) is 39.5 cm³/mol. The minimum atomic E-state index is -4.99. The second kappa shape index (κ2) is 3.98. The zero-order valence-corrected chi connectivity index (χ0v) is 7.98. The molecule has 2 atom stereocenters. The molecule has 0 radical (unpaired) electrons. The Hall–Kier alpha value is 0.260. The van der Waals surface area contributed by atoms with Gasteiger partial charge in [-0.3, -0.25) is 9.13 Å². The third kappa shape index (κ3) is 3.33. The summed E-state index contributed by atoms with van der Waals surface area (Å²) in [4.78, 5) is 25.3. The van der Waals surface area contributed by atoms with Gasteiger partial charge < -0.3 is 24.3 Å². The maximum Gasteiger partial charge on any atom is 0.368 e. The van der Waals surface area contributed by atoms with E-state index < -0.39 is 20.8 Å². The summed E-state index contributed by atoms with van der Waals surface area (Å²) in [5.74, 6) is 0. The Kier molecular flexibility index (Phi) is 4.07. The maximum atomic E-state index is 10.8. The molecule has 74 valence electrons. The molecule has 0 fully saturated rings. The highest BCUT2D eigenvalue weighted by Gasteiger charge is 2.43. The molecule has 0 heterocycles. The molecule has 4 N–H and O–H groups in total. The second-order valence-electron chi connectivity index (χ2n) is 1.92. The van der Waals surface area contributed by atoms with Gasteiger partial charge >= 0.3 is 15.2 Å². The van der Waals surface area contributed by atoms with Crippen molar-refractivity contribution in [2.24, 2.45) is 0 Å². The first kappa shape index (κ1) is 12.3. The lowest BCUT2D eigenvalue weighted by Gasteiger charge is -2.17. The average molecular weight is 220 g/mol. The molecule has 0 amide bonds. The van der Waals surface area contributed by atoms with Crippen LogP contribution in [0.15, 0.2) is 0 Å². The summed E-state index contributed by atoms with van der Waals surface area (Å²) in [5.41, 5.74) is -2.66. The van der Waals surface area contributed by atoms with Gasteiger partial charge in [0, 0.05) is 0 Å². The Bertz CT molecular complexity index is 231. The van der Waals surface area contributed by atoms with Crippen molar-refractivity contribution in [3.8, 4) is 0 Å². The highest BCUT2D eigenvalue weighted by molar-refractivity contribution is 7.70. The van der Waals surface area contributed by atoms with Crippen molar-refractivity contribution in [2.45, 2.75) is 12.5 Å². The van der Waals surface area contributed by atoms with Gasteiger partial charge in [-0.05, 0) is 6.92 Å². The van der Waals surface area contributed by atoms with Crippen LogP contribution >= 0.6 is 15.2 Å². The minimum absolute atomic E-state index is 0.217. The molecule has 0 rings (SSSR count). The van der Waals surface area contributed by atoms with Gasteiger partial charge in [-0.2, -0.15) is 0 Å². The standard InChI is InChI=1S/C3H10O7P2/c1-2-10-12(8,9)3(4)11(5,6)7/h3-4H,2H2,1H3,(H,8,9)(H2,5,6,7). The van der Waals surface area contributed by atoms with Crippen molar-refractivity contribution in [1.82, 2.24) is 0 Å². The summed E-state index contributed by atoms with van der Waals surface area (Å²) < 4.78 is 25.1. The van der Waals surface area contributed by atoms with Crippen LogP contribution in [0.5, 0.6) is 0 Å². The molecule has 0 bridgehead atoms. The van der Waals surface area contributed by atoms with Gasteiger partial charge in [0.25, 0.3) is 5.59 Å². The SMILES string of the molecule is CCOP(=O)(O)C(O)P(=O)(O)O. The van der Waals surface area contributed by atoms with Crippen LogP contribution < -0.4 is 0 Å². The van der Waals surface area contributed by atoms with E-state index in [1.165, 1.54) is 6.92 Å². The van der Waals surface area contributed by atoms with E-state index in [0.29, 0.717) is 0 Å². The molecule has 0 saturated heterocycles. The Morgan fingerprint density at radius 3 is 2.00 bits per heavy atom. The highest BCUT2D eigenvalue weighted by Crippen LogP contribution is 2.61. The van der Waals surface area contributed by atoms with Crippen LogP contribution in [0.1, 0.15) is 6.92 Å². The minimum Gasteiger partial charge on any atom is -0.370 e. The summed E-state index contributed by atoms with van der Waals surface area (Å²) in [7, 11) is -9.60. The lowest BCUT2D eigenvalue weighted by Crippen LogP contribution is -2.09. The number of aliphatic hydroxyl groups is 1. The van der Waals surface area contributed by atoms with Gasteiger partial charge in [-0.25, -0.2) is 0 Å². The Balaban J connectivity index is 4.58. The Labute approximate surface area is 68.7 Å². The quantitative estimate of drug-likeness (QED) is 0.477. The number of hydrogen-bond donors (Lipinski definition) is 4. The van der Waals surface area contributed by atoms with Gasteiger partial charge in [0.05, 0.1) is 6.61 Å². The van der Waals surface area contributed by atoms with Gasteiger partial charge in [-0.15, -0.1) is 0 Å². The van der Waals surface area contributed by atoms with E-state index in [2.05, 4.69) is 4.52 Å². The van der Waals surface area contributed by atoms with Gasteiger partial charge in [0.2, 0.25) is 0 Å². The zero-order chi connectivity index (χ0) is 9.99. The van der Waals surface area contributed by atoms with Gasteiger partial charge in [0.1, 0.15) is 0 Å². The van der Waals surface area contributed by atoms with E-state index in [0.717, 1.165) is 0 Å². The molecule has 0 aromatic rings. The molecule has 0 aromatic carbocycles. The molecule has 12 heavy (non-hydrogen) atoms. The molecule has 0 aliphatic carbocycles. The second-order valence-corrected chi connectivity index (χ2v) is 5.87. The fraction of sp³-hybridized carbons (Fsp3) is 1.00. The van der Waals surface area contributed by atoms with Crippen molar-refractivity contribution >= 4 is 15.2 Å². The molecular weight excluding hydrogens is 210 g/mol. The Morgan fingerprint density at radius 1 is 1.33 bits per heavy atom. The molecule has 0 spiro atoms. The van der Waals surface area contributed by atoms with Crippen molar-refractivity contribution in [1.29, 1.82) is 0 Å². The molecule has 0 saturated carbocycles. The van der Waals surface area contributed by atoms with Crippen molar-refractivity contribution in [2.75, 3.05) is 6.61 Å². The van der Waals surface area contributed by atoms with E-state index in [1.807, 2.05) is 0 Å². The average Bonchev–Trinajstić information content (AvgIpc) is 1.84. The third-order valence-electron chi connectivity index (χ3n) is 0.907. The summed E-state index contributed by atoms with van der Waals surface area (Å²) in [6.45, 7) is 1.14. The molecule has 0 aromatic heterocycles. The smallest absolute Gasteiger partial charge is 0.368 e. The summed E-state index contributed by atoms with van der Waals surface area (Å²) in [5, 5.41) is 8.64. The van der Waals surface area contributed by atoms with Crippen LogP contribution in [0.2, 0.25) is 0 Å². The number of rotatable bonds is 4. The zero-order valence-electron chi connectivity index (χ0n) is 6.19. The predicted octanol–water partition coefficient (Wildman–Crippen LogP) is -0.338. The molecule has 0 aliphatic rings. The van der Waals surface area contributed by atoms with Crippen molar-refractivity contribution in [3.05, 3.63) is 0 Å². The van der Waals surface area contributed by atoms with Crippen LogP contribution in [0.3, 0.4) is 0 Å². The van der Waals surface area contributed by atoms with Crippen LogP contribution in [0.25, 0.3) is 0 Å². The van der Waals surface area contributed by atoms with Gasteiger partial charge in [-0.1, -0.05) is 0 Å². The molecule has 7 nitrogen and oxygen atoms in total. The topological polar surface area (TPSA) is 124 Å². The normalized spacial score (nSPS) is 20.1. The van der Waals surface area contributed by atoms with Crippen molar-refractivity contribution < 1.29 is 33.4 Å². The van der Waals surface area contributed by atoms with E-state index in [9.17, 15) is 9.13 Å². The lowest BCUT2D eigenvalue weighted by molar-refractivity contribution is 0.193. The van der Waals surface area contributed by atoms with E-state index in [4.69, 9.17) is 19.8 Å². The summed E-state index contributed by atoms with van der Waals surface area (Å²) in [6.07, 6.45) is 0. The fourth-order valence-corrected chi connectivity index (χ4v) is 2.67. The van der Waals surface area contributed by atoms with Crippen molar-refractivity contribution in [3.63, 3.8) is 0 Å². The van der Waals surface area contributed by atoms with E-state index in [1.54, 1.807) is 0 Å². The third-order valence-corrected chi connectivity index (χ3v) is 4.50. The lowest BCUT2D eigenvalue weighted by atomic mass is 10.9. The van der Waals surface area contributed by atoms with Gasteiger partial charge in [0.15, 0.2) is 0 Å². The fourth-order valence-electron chi connectivity index (χ4n) is 0.442. The largest absolute Gasteiger partial charge is 0.370 e. The molecule has 2 unspecified atom stereocenters. The van der Waals surface area contributed by atoms with Crippen LogP contribution in [-0.2, 0) is 13.7 Å². The maximum absolute atomic E-state index is 10.8. The summed E-state index contributed by atoms with van der Waals surface area (Å²) in [6, 6.07) is 0.